The summed E-state index contributed by atoms with van der Waals surface area (Å²) in [5, 5.41) is 12.8. The van der Waals surface area contributed by atoms with Crippen LogP contribution in [0.5, 0.6) is 0 Å². The van der Waals surface area contributed by atoms with E-state index in [0.717, 1.165) is 0 Å². The third-order valence-electron chi connectivity index (χ3n) is 3.91. The number of aliphatic hydroxyl groups is 1. The van der Waals surface area contributed by atoms with Gasteiger partial charge in [0.05, 0.1) is 37.3 Å². The molecule has 0 amide bonds. The highest BCUT2D eigenvalue weighted by Crippen LogP contribution is 2.30. The lowest BCUT2D eigenvalue weighted by molar-refractivity contribution is -0.241. The van der Waals surface area contributed by atoms with Crippen molar-refractivity contribution >= 4 is 5.82 Å². The molecule has 142 valence electrons. The molecule has 0 spiro atoms. The lowest BCUT2D eigenvalue weighted by Gasteiger charge is -2.43. The fourth-order valence-corrected chi connectivity index (χ4v) is 2.74. The Labute approximate surface area is 143 Å². The second-order valence-electron chi connectivity index (χ2n) is 6.53. The summed E-state index contributed by atoms with van der Waals surface area (Å²) in [4.78, 5) is 7.11. The maximum Gasteiger partial charge on any atom is 0.434 e. The van der Waals surface area contributed by atoms with E-state index in [9.17, 15) is 18.3 Å². The van der Waals surface area contributed by atoms with Gasteiger partial charge < -0.3 is 25.6 Å². The van der Waals surface area contributed by atoms with Crippen LogP contribution >= 0.6 is 0 Å². The van der Waals surface area contributed by atoms with Crippen LogP contribution in [-0.4, -0.2) is 52.3 Å². The van der Waals surface area contributed by atoms with Gasteiger partial charge in [0, 0.05) is 12.5 Å². The number of hydrogen-bond acceptors (Lipinski definition) is 7. The number of nitrogens with one attached hydrogen (secondary N) is 1. The first-order valence-corrected chi connectivity index (χ1v) is 7.89. The predicted octanol–water partition coefficient (Wildman–Crippen LogP) is 1.38. The second-order valence-corrected chi connectivity index (χ2v) is 6.53. The SMILES string of the molecule is C[C@@H]1[C@H](OC(C)(C)O)[C@@H](Nc2cncc(C(F)(F)F)n2)CO[C@@H]1CN. The summed E-state index contributed by atoms with van der Waals surface area (Å²) in [7, 11) is 0. The molecule has 0 bridgehead atoms. The molecule has 4 atom stereocenters. The molecule has 1 aliphatic rings. The molecule has 0 saturated carbocycles. The van der Waals surface area contributed by atoms with Crippen LogP contribution in [0, 0.1) is 5.92 Å². The van der Waals surface area contributed by atoms with Gasteiger partial charge in [-0.15, -0.1) is 0 Å². The minimum atomic E-state index is -4.59. The molecule has 1 saturated heterocycles. The van der Waals surface area contributed by atoms with E-state index in [0.29, 0.717) is 6.20 Å². The van der Waals surface area contributed by atoms with Crippen molar-refractivity contribution in [3.63, 3.8) is 0 Å². The fourth-order valence-electron chi connectivity index (χ4n) is 2.74. The number of nitrogens with zero attached hydrogens (tertiary/aromatic N) is 2. The molecular formula is C15H23F3N4O3. The molecule has 0 aliphatic carbocycles. The van der Waals surface area contributed by atoms with Crippen molar-refractivity contribution in [2.24, 2.45) is 11.7 Å². The highest BCUT2D eigenvalue weighted by atomic mass is 19.4. The monoisotopic (exact) mass is 364 g/mol. The van der Waals surface area contributed by atoms with Gasteiger partial charge in [0.15, 0.2) is 11.5 Å². The van der Waals surface area contributed by atoms with Gasteiger partial charge in [-0.1, -0.05) is 6.92 Å². The summed E-state index contributed by atoms with van der Waals surface area (Å²) in [6, 6.07) is -0.526. The van der Waals surface area contributed by atoms with Crippen molar-refractivity contribution in [3.05, 3.63) is 18.1 Å². The minimum absolute atomic E-state index is 0.0498. The maximum atomic E-state index is 12.8. The zero-order chi connectivity index (χ0) is 18.8. The number of nitrogens with two attached hydrogens (primary N) is 1. The summed E-state index contributed by atoms with van der Waals surface area (Å²) >= 11 is 0. The van der Waals surface area contributed by atoms with Gasteiger partial charge in [0.2, 0.25) is 0 Å². The normalized spacial score (nSPS) is 28.0. The number of halogens is 3. The molecular weight excluding hydrogens is 341 g/mol. The lowest BCUT2D eigenvalue weighted by atomic mass is 9.89. The van der Waals surface area contributed by atoms with Gasteiger partial charge in [-0.3, -0.25) is 4.98 Å². The van der Waals surface area contributed by atoms with Crippen molar-refractivity contribution in [1.82, 2.24) is 9.97 Å². The minimum Gasteiger partial charge on any atom is -0.374 e. The zero-order valence-corrected chi connectivity index (χ0v) is 14.2. The van der Waals surface area contributed by atoms with Gasteiger partial charge in [0.1, 0.15) is 5.82 Å². The first-order valence-electron chi connectivity index (χ1n) is 7.89. The van der Waals surface area contributed by atoms with Crippen LogP contribution in [0.3, 0.4) is 0 Å². The van der Waals surface area contributed by atoms with E-state index in [1.807, 2.05) is 6.92 Å². The molecule has 0 radical (unpaired) electrons. The number of rotatable bonds is 5. The fraction of sp³-hybridized carbons (Fsp3) is 0.733. The van der Waals surface area contributed by atoms with Crippen LogP contribution in [0.2, 0.25) is 0 Å². The molecule has 1 aliphatic heterocycles. The lowest BCUT2D eigenvalue weighted by Crippen LogP contribution is -2.56. The Bertz CT molecular complexity index is 580. The van der Waals surface area contributed by atoms with E-state index < -0.39 is 29.8 Å². The second kappa shape index (κ2) is 7.40. The number of ether oxygens (including phenoxy) is 2. The molecule has 4 N–H and O–H groups in total. The van der Waals surface area contributed by atoms with Crippen molar-refractivity contribution in [2.75, 3.05) is 18.5 Å². The van der Waals surface area contributed by atoms with Crippen LogP contribution < -0.4 is 11.1 Å². The molecule has 2 heterocycles. The quantitative estimate of drug-likeness (QED) is 0.679. The van der Waals surface area contributed by atoms with Crippen LogP contribution in [0.1, 0.15) is 26.5 Å². The Morgan fingerprint density at radius 2 is 2.08 bits per heavy atom. The summed E-state index contributed by atoms with van der Waals surface area (Å²) in [6.45, 7) is 5.22. The van der Waals surface area contributed by atoms with Crippen molar-refractivity contribution in [2.45, 2.75) is 51.0 Å². The molecule has 1 aromatic heterocycles. The van der Waals surface area contributed by atoms with Crippen LogP contribution in [-0.2, 0) is 15.7 Å². The van der Waals surface area contributed by atoms with Crippen LogP contribution in [0.4, 0.5) is 19.0 Å². The molecule has 0 aromatic carbocycles. The average molecular weight is 364 g/mol. The van der Waals surface area contributed by atoms with Gasteiger partial charge >= 0.3 is 6.18 Å². The zero-order valence-electron chi connectivity index (χ0n) is 14.2. The Hall–Kier alpha value is -1.49. The largest absolute Gasteiger partial charge is 0.434 e. The highest BCUT2D eigenvalue weighted by Gasteiger charge is 2.41. The summed E-state index contributed by atoms with van der Waals surface area (Å²) in [5.74, 6) is -1.66. The Balaban J connectivity index is 2.21. The molecule has 1 aromatic rings. The molecule has 25 heavy (non-hydrogen) atoms. The van der Waals surface area contributed by atoms with Crippen molar-refractivity contribution in [1.29, 1.82) is 0 Å². The van der Waals surface area contributed by atoms with Crippen LogP contribution in [0.15, 0.2) is 12.4 Å². The Kier molecular flexibility index (Phi) is 5.87. The van der Waals surface area contributed by atoms with E-state index in [-0.39, 0.29) is 31.0 Å². The first-order chi connectivity index (χ1) is 11.5. The van der Waals surface area contributed by atoms with E-state index >= 15 is 0 Å². The molecule has 1 fully saturated rings. The number of aromatic nitrogens is 2. The third-order valence-corrected chi connectivity index (χ3v) is 3.91. The molecule has 0 unspecified atom stereocenters. The van der Waals surface area contributed by atoms with E-state index in [2.05, 4.69) is 15.3 Å². The van der Waals surface area contributed by atoms with Crippen LogP contribution in [0.25, 0.3) is 0 Å². The van der Waals surface area contributed by atoms with E-state index in [1.165, 1.54) is 20.0 Å². The summed E-state index contributed by atoms with van der Waals surface area (Å²) in [6.07, 6.45) is -3.57. The summed E-state index contributed by atoms with van der Waals surface area (Å²) < 4.78 is 49.7. The third kappa shape index (κ3) is 5.24. The van der Waals surface area contributed by atoms with Gasteiger partial charge in [-0.25, -0.2) is 4.98 Å². The molecule has 2 rings (SSSR count). The van der Waals surface area contributed by atoms with Gasteiger partial charge in [-0.05, 0) is 13.8 Å². The first kappa shape index (κ1) is 19.8. The standard InChI is InChI=1S/C15H23F3N4O3/c1-8-10(4-19)24-7-9(13(8)25-14(2,3)23)21-12-6-20-5-11(22-12)15(16,17)18/h5-6,8-10,13,23H,4,7,19H2,1-3H3,(H,21,22)/t8-,9-,10+,13-/m0/s1. The smallest absolute Gasteiger partial charge is 0.374 e. The maximum absolute atomic E-state index is 12.8. The van der Waals surface area contributed by atoms with E-state index in [1.54, 1.807) is 0 Å². The molecule has 10 heteroatoms. The predicted molar refractivity (Wildman–Crippen MR) is 83.6 cm³/mol. The van der Waals surface area contributed by atoms with E-state index in [4.69, 9.17) is 15.2 Å². The number of anilines is 1. The Morgan fingerprint density at radius 1 is 1.40 bits per heavy atom. The van der Waals surface area contributed by atoms with Crippen molar-refractivity contribution < 1.29 is 27.8 Å². The highest BCUT2D eigenvalue weighted by molar-refractivity contribution is 5.34. The Morgan fingerprint density at radius 3 is 2.64 bits per heavy atom. The summed E-state index contributed by atoms with van der Waals surface area (Å²) in [5.41, 5.74) is 4.58. The van der Waals surface area contributed by atoms with Crippen molar-refractivity contribution in [3.8, 4) is 0 Å². The number of alkyl halides is 3. The topological polar surface area (TPSA) is 103 Å². The molecule has 7 nitrogen and oxygen atoms in total. The van der Waals surface area contributed by atoms with Gasteiger partial charge in [0.25, 0.3) is 0 Å². The number of hydrogen-bond donors (Lipinski definition) is 3. The average Bonchev–Trinajstić information content (AvgIpc) is 2.49. The van der Waals surface area contributed by atoms with Gasteiger partial charge in [-0.2, -0.15) is 13.2 Å².